The van der Waals surface area contributed by atoms with Crippen LogP contribution in [0.4, 0.5) is 4.39 Å². The molecule has 0 bridgehead atoms. The van der Waals surface area contributed by atoms with Gasteiger partial charge in [0.1, 0.15) is 4.60 Å². The van der Waals surface area contributed by atoms with Gasteiger partial charge in [0.2, 0.25) is 0 Å². The molecule has 0 aromatic carbocycles. The molecule has 0 fully saturated rings. The minimum Gasteiger partial charge on any atom is -0.246 e. The Morgan fingerprint density at radius 3 is 2.82 bits per heavy atom. The Labute approximate surface area is 81.3 Å². The summed E-state index contributed by atoms with van der Waals surface area (Å²) in [5, 5.41) is -1.01. The van der Waals surface area contributed by atoms with E-state index >= 15 is 0 Å². The normalized spacial score (nSPS) is 13.0. The third-order valence-electron chi connectivity index (χ3n) is 1.14. The molecule has 0 saturated carbocycles. The number of hydrogen-bond acceptors (Lipinski definition) is 1. The fraction of sp³-hybridized carbons (Fsp3) is 0.286. The van der Waals surface area contributed by atoms with Crippen LogP contribution >= 0.6 is 31.9 Å². The highest BCUT2D eigenvalue weighted by molar-refractivity contribution is 9.10. The quantitative estimate of drug-likeness (QED) is 0.600. The van der Waals surface area contributed by atoms with E-state index in [1.54, 1.807) is 6.07 Å². The Hall–Kier alpha value is 0.0400. The molecule has 1 nitrogen and oxygen atoms in total. The van der Waals surface area contributed by atoms with Gasteiger partial charge in [-0.15, -0.1) is 0 Å². The fourth-order valence-electron chi connectivity index (χ4n) is 0.722. The Morgan fingerprint density at radius 1 is 1.55 bits per heavy atom. The van der Waals surface area contributed by atoms with E-state index in [0.29, 0.717) is 6.42 Å². The first kappa shape index (κ1) is 9.13. The van der Waals surface area contributed by atoms with Crippen LogP contribution in [0.2, 0.25) is 0 Å². The minimum atomic E-state index is -1.01. The van der Waals surface area contributed by atoms with Crippen LogP contribution in [-0.2, 0) is 6.42 Å². The van der Waals surface area contributed by atoms with Crippen molar-refractivity contribution in [2.24, 2.45) is 0 Å². The summed E-state index contributed by atoms with van der Waals surface area (Å²) >= 11 is 6.02. The van der Waals surface area contributed by atoms with Crippen LogP contribution in [0.1, 0.15) is 5.69 Å². The van der Waals surface area contributed by atoms with Crippen LogP contribution < -0.4 is 0 Å². The molecule has 1 rings (SSSR count). The Bertz CT molecular complexity index is 240. The SMILES string of the molecule is FC(Br)Cc1cccc(Br)n1. The molecule has 0 spiro atoms. The lowest BCUT2D eigenvalue weighted by Gasteiger charge is -1.99. The molecule has 0 radical (unpaired) electrons. The van der Waals surface area contributed by atoms with Gasteiger partial charge in [-0.2, -0.15) is 0 Å². The van der Waals surface area contributed by atoms with E-state index in [2.05, 4.69) is 36.8 Å². The molecule has 0 aliphatic heterocycles. The standard InChI is InChI=1S/C7H6Br2FN/c8-6(10)4-5-2-1-3-7(9)11-5/h1-3,6H,4H2. The van der Waals surface area contributed by atoms with Gasteiger partial charge in [-0.25, -0.2) is 9.37 Å². The molecule has 1 atom stereocenters. The molecule has 0 amide bonds. The largest absolute Gasteiger partial charge is 0.246 e. The van der Waals surface area contributed by atoms with Crippen molar-refractivity contribution in [3.05, 3.63) is 28.5 Å². The average Bonchev–Trinajstić information content (AvgIpc) is 1.85. The number of halogens is 3. The molecule has 0 saturated heterocycles. The van der Waals surface area contributed by atoms with E-state index in [1.165, 1.54) is 0 Å². The second kappa shape index (κ2) is 4.16. The second-order valence-electron chi connectivity index (χ2n) is 2.05. The molecule has 0 aliphatic rings. The van der Waals surface area contributed by atoms with E-state index in [4.69, 9.17) is 0 Å². The van der Waals surface area contributed by atoms with Crippen molar-refractivity contribution in [3.8, 4) is 0 Å². The van der Waals surface area contributed by atoms with Crippen molar-refractivity contribution in [2.75, 3.05) is 0 Å². The first-order valence-electron chi connectivity index (χ1n) is 3.08. The highest BCUT2D eigenvalue weighted by Gasteiger charge is 2.02. The van der Waals surface area contributed by atoms with Crippen LogP contribution in [0, 0.1) is 0 Å². The zero-order valence-corrected chi connectivity index (χ0v) is 8.77. The maximum absolute atomic E-state index is 12.4. The van der Waals surface area contributed by atoms with Crippen LogP contribution in [0.3, 0.4) is 0 Å². The molecule has 0 N–H and O–H groups in total. The molecule has 1 aromatic rings. The summed E-state index contributed by atoms with van der Waals surface area (Å²) in [6.07, 6.45) is 0.305. The first-order chi connectivity index (χ1) is 5.18. The summed E-state index contributed by atoms with van der Waals surface area (Å²) in [7, 11) is 0. The monoisotopic (exact) mass is 281 g/mol. The Morgan fingerprint density at radius 2 is 2.27 bits per heavy atom. The maximum Gasteiger partial charge on any atom is 0.160 e. The zero-order chi connectivity index (χ0) is 8.27. The Kier molecular flexibility index (Phi) is 3.45. The second-order valence-corrected chi connectivity index (χ2v) is 3.85. The van der Waals surface area contributed by atoms with Gasteiger partial charge in [-0.1, -0.05) is 22.0 Å². The molecule has 4 heteroatoms. The smallest absolute Gasteiger partial charge is 0.160 e. The summed E-state index contributed by atoms with van der Waals surface area (Å²) < 4.78 is 13.1. The number of nitrogens with zero attached hydrogens (tertiary/aromatic N) is 1. The van der Waals surface area contributed by atoms with Gasteiger partial charge < -0.3 is 0 Å². The lowest BCUT2D eigenvalue weighted by Crippen LogP contribution is -1.97. The van der Waals surface area contributed by atoms with Gasteiger partial charge in [0.15, 0.2) is 5.08 Å². The van der Waals surface area contributed by atoms with E-state index in [1.807, 2.05) is 12.1 Å². The molecule has 0 aliphatic carbocycles. The third kappa shape index (κ3) is 3.29. The lowest BCUT2D eigenvalue weighted by molar-refractivity contribution is 0.457. The molecule has 1 aromatic heterocycles. The molecular weight excluding hydrogens is 277 g/mol. The predicted octanol–water partition coefficient (Wildman–Crippen LogP) is 3.08. The maximum atomic E-state index is 12.4. The van der Waals surface area contributed by atoms with Gasteiger partial charge in [0.25, 0.3) is 0 Å². The lowest BCUT2D eigenvalue weighted by atomic mass is 10.3. The van der Waals surface area contributed by atoms with E-state index in [-0.39, 0.29) is 0 Å². The number of rotatable bonds is 2. The van der Waals surface area contributed by atoms with Crippen LogP contribution in [0.15, 0.2) is 22.8 Å². The molecular formula is C7H6Br2FN. The van der Waals surface area contributed by atoms with Crippen molar-refractivity contribution in [2.45, 2.75) is 11.5 Å². The fourth-order valence-corrected chi connectivity index (χ4v) is 1.43. The number of alkyl halides is 2. The van der Waals surface area contributed by atoms with Crippen LogP contribution in [-0.4, -0.2) is 10.1 Å². The topological polar surface area (TPSA) is 12.9 Å². The van der Waals surface area contributed by atoms with E-state index in [9.17, 15) is 4.39 Å². The van der Waals surface area contributed by atoms with Crippen molar-refractivity contribution in [1.82, 2.24) is 4.98 Å². The van der Waals surface area contributed by atoms with Crippen LogP contribution in [0.5, 0.6) is 0 Å². The highest BCUT2D eigenvalue weighted by atomic mass is 79.9. The van der Waals surface area contributed by atoms with Gasteiger partial charge in [0, 0.05) is 12.1 Å². The minimum absolute atomic E-state index is 0.305. The summed E-state index contributed by atoms with van der Waals surface area (Å²) in [4.78, 5) is 4.06. The Balaban J connectivity index is 2.71. The van der Waals surface area contributed by atoms with Crippen molar-refractivity contribution >= 4 is 31.9 Å². The summed E-state index contributed by atoms with van der Waals surface area (Å²) in [6, 6.07) is 5.44. The summed E-state index contributed by atoms with van der Waals surface area (Å²) in [5.74, 6) is 0. The van der Waals surface area contributed by atoms with Crippen molar-refractivity contribution < 1.29 is 4.39 Å². The van der Waals surface area contributed by atoms with Gasteiger partial charge in [0.05, 0.1) is 0 Å². The predicted molar refractivity (Wildman–Crippen MR) is 49.5 cm³/mol. The first-order valence-corrected chi connectivity index (χ1v) is 4.79. The van der Waals surface area contributed by atoms with Crippen LogP contribution in [0.25, 0.3) is 0 Å². The van der Waals surface area contributed by atoms with Gasteiger partial charge in [-0.05, 0) is 28.1 Å². The highest BCUT2D eigenvalue weighted by Crippen LogP contribution is 2.11. The molecule has 60 valence electrons. The van der Waals surface area contributed by atoms with E-state index in [0.717, 1.165) is 10.3 Å². The third-order valence-corrected chi connectivity index (χ3v) is 1.90. The molecule has 11 heavy (non-hydrogen) atoms. The number of hydrogen-bond donors (Lipinski definition) is 0. The molecule has 1 heterocycles. The zero-order valence-electron chi connectivity index (χ0n) is 5.60. The average molecular weight is 283 g/mol. The van der Waals surface area contributed by atoms with E-state index < -0.39 is 5.08 Å². The summed E-state index contributed by atoms with van der Waals surface area (Å²) in [6.45, 7) is 0. The van der Waals surface area contributed by atoms with Crippen molar-refractivity contribution in [1.29, 1.82) is 0 Å². The molecule has 1 unspecified atom stereocenters. The van der Waals surface area contributed by atoms with Gasteiger partial charge >= 0.3 is 0 Å². The summed E-state index contributed by atoms with van der Waals surface area (Å²) in [5.41, 5.74) is 0.740. The number of pyridine rings is 1. The number of aromatic nitrogens is 1. The van der Waals surface area contributed by atoms with Gasteiger partial charge in [-0.3, -0.25) is 0 Å². The van der Waals surface area contributed by atoms with Crippen molar-refractivity contribution in [3.63, 3.8) is 0 Å².